The molecule has 0 spiro atoms. The maximum absolute atomic E-state index is 13.3. The number of carbonyl (C=O) groups excluding carboxylic acids is 3. The smallest absolute Gasteiger partial charge is 0.294 e. The quantitative estimate of drug-likeness (QED) is 0.522. The minimum absolute atomic E-state index is 0.261. The number of benzene rings is 2. The number of thioether (sulfide) groups is 1. The monoisotopic (exact) mass is 479 g/mol. The van der Waals surface area contributed by atoms with Crippen molar-refractivity contribution in [3.8, 4) is 0 Å². The van der Waals surface area contributed by atoms with E-state index < -0.39 is 11.1 Å². The van der Waals surface area contributed by atoms with Crippen molar-refractivity contribution < 1.29 is 23.5 Å². The van der Waals surface area contributed by atoms with E-state index in [9.17, 15) is 18.8 Å². The van der Waals surface area contributed by atoms with Crippen LogP contribution >= 0.6 is 11.8 Å². The van der Waals surface area contributed by atoms with E-state index in [1.54, 1.807) is 23.1 Å². The molecule has 3 heterocycles. The van der Waals surface area contributed by atoms with Crippen molar-refractivity contribution in [1.82, 2.24) is 14.4 Å². The molecule has 2 aromatic carbocycles. The Hall–Kier alpha value is -3.43. The summed E-state index contributed by atoms with van der Waals surface area (Å²) in [7, 11) is 0. The van der Waals surface area contributed by atoms with Crippen LogP contribution in [0.2, 0.25) is 0 Å². The molecule has 2 aliphatic heterocycles. The molecule has 9 heteroatoms. The molecule has 174 valence electrons. The topological polar surface area (TPSA) is 71.9 Å². The Morgan fingerprint density at radius 3 is 2.56 bits per heavy atom. The predicted octanol–water partition coefficient (Wildman–Crippen LogP) is 3.72. The van der Waals surface area contributed by atoms with Crippen LogP contribution in [0.5, 0.6) is 0 Å². The summed E-state index contributed by atoms with van der Waals surface area (Å²) in [6, 6.07) is 14.1. The van der Waals surface area contributed by atoms with Crippen LogP contribution in [0.15, 0.2) is 59.6 Å². The largest absolute Gasteiger partial charge is 0.378 e. The SMILES string of the molecule is O=C(CN1C(=O)S/C(=C\c2cn(Cc3ccc(F)cc3)c3ccccc23)C1=O)N1CCOCC1. The van der Waals surface area contributed by atoms with Crippen molar-refractivity contribution in [3.05, 3.63) is 76.6 Å². The highest BCUT2D eigenvalue weighted by molar-refractivity contribution is 8.18. The molecular weight excluding hydrogens is 457 g/mol. The summed E-state index contributed by atoms with van der Waals surface area (Å²) in [5.74, 6) is -1.01. The van der Waals surface area contributed by atoms with Gasteiger partial charge in [-0.15, -0.1) is 0 Å². The highest BCUT2D eigenvalue weighted by Crippen LogP contribution is 2.34. The summed E-state index contributed by atoms with van der Waals surface area (Å²) in [6.45, 7) is 2.08. The van der Waals surface area contributed by atoms with Gasteiger partial charge in [-0.2, -0.15) is 0 Å². The van der Waals surface area contributed by atoms with E-state index in [-0.39, 0.29) is 23.2 Å². The zero-order chi connectivity index (χ0) is 23.7. The van der Waals surface area contributed by atoms with Gasteiger partial charge in [0.15, 0.2) is 0 Å². The number of para-hydroxylation sites is 1. The summed E-state index contributed by atoms with van der Waals surface area (Å²) < 4.78 is 20.6. The van der Waals surface area contributed by atoms with E-state index >= 15 is 0 Å². The summed E-state index contributed by atoms with van der Waals surface area (Å²) in [6.07, 6.45) is 3.62. The van der Waals surface area contributed by atoms with Crippen molar-refractivity contribution in [3.63, 3.8) is 0 Å². The van der Waals surface area contributed by atoms with Crippen LogP contribution in [0.25, 0.3) is 17.0 Å². The fraction of sp³-hybridized carbons (Fsp3) is 0.240. The average Bonchev–Trinajstić information content (AvgIpc) is 3.33. The molecule has 7 nitrogen and oxygen atoms in total. The molecule has 2 aliphatic rings. The molecule has 0 unspecified atom stereocenters. The molecule has 0 saturated carbocycles. The van der Waals surface area contributed by atoms with Crippen LogP contribution in [-0.4, -0.2) is 64.3 Å². The Morgan fingerprint density at radius 2 is 1.79 bits per heavy atom. The van der Waals surface area contributed by atoms with E-state index in [2.05, 4.69) is 0 Å². The van der Waals surface area contributed by atoms with Gasteiger partial charge in [0.25, 0.3) is 11.1 Å². The number of rotatable bonds is 5. The lowest BCUT2D eigenvalue weighted by molar-refractivity contribution is -0.139. The second-order valence-electron chi connectivity index (χ2n) is 8.12. The Bertz CT molecular complexity index is 1300. The summed E-state index contributed by atoms with van der Waals surface area (Å²) in [5, 5.41) is 0.480. The molecule has 0 bridgehead atoms. The van der Waals surface area contributed by atoms with Crippen molar-refractivity contribution >= 4 is 45.8 Å². The van der Waals surface area contributed by atoms with Gasteiger partial charge in [0.2, 0.25) is 5.91 Å². The number of amides is 3. The molecule has 0 atom stereocenters. The molecular formula is C25H22FN3O4S. The molecule has 2 saturated heterocycles. The first-order valence-electron chi connectivity index (χ1n) is 10.9. The molecule has 0 aliphatic carbocycles. The van der Waals surface area contributed by atoms with E-state index in [1.165, 1.54) is 12.1 Å². The number of carbonyl (C=O) groups is 3. The first kappa shape index (κ1) is 22.4. The number of halogens is 1. The van der Waals surface area contributed by atoms with Crippen molar-refractivity contribution in [1.29, 1.82) is 0 Å². The number of imide groups is 1. The molecule has 0 radical (unpaired) electrons. The summed E-state index contributed by atoms with van der Waals surface area (Å²) in [5.41, 5.74) is 2.69. The van der Waals surface area contributed by atoms with Crippen LogP contribution in [0.3, 0.4) is 0 Å². The van der Waals surface area contributed by atoms with Crippen LogP contribution in [0.4, 0.5) is 9.18 Å². The standard InChI is InChI=1S/C25H22FN3O4S/c26-19-7-5-17(6-8-19)14-28-15-18(20-3-1-2-4-21(20)28)13-22-24(31)29(25(32)34-22)16-23(30)27-9-11-33-12-10-27/h1-8,13,15H,9-12,14,16H2/b22-13-. The third-order valence-electron chi connectivity index (χ3n) is 5.90. The van der Waals surface area contributed by atoms with Crippen LogP contribution < -0.4 is 0 Å². The second-order valence-corrected chi connectivity index (χ2v) is 9.11. The lowest BCUT2D eigenvalue weighted by Gasteiger charge is -2.28. The first-order chi connectivity index (χ1) is 16.5. The van der Waals surface area contributed by atoms with Gasteiger partial charge in [0.05, 0.1) is 18.1 Å². The second kappa shape index (κ2) is 9.44. The number of morpholine rings is 1. The van der Waals surface area contributed by atoms with Gasteiger partial charge in [0.1, 0.15) is 12.4 Å². The molecule has 3 amide bonds. The molecule has 3 aromatic rings. The van der Waals surface area contributed by atoms with Crippen LogP contribution in [-0.2, 0) is 20.9 Å². The highest BCUT2D eigenvalue weighted by atomic mass is 32.2. The molecule has 2 fully saturated rings. The number of nitrogens with zero attached hydrogens (tertiary/aromatic N) is 3. The number of fused-ring (bicyclic) bond motifs is 1. The van der Waals surface area contributed by atoms with Crippen LogP contribution in [0, 0.1) is 5.82 Å². The van der Waals surface area contributed by atoms with E-state index in [1.807, 2.05) is 35.0 Å². The van der Waals surface area contributed by atoms with Crippen molar-refractivity contribution in [2.45, 2.75) is 6.54 Å². The summed E-state index contributed by atoms with van der Waals surface area (Å²) >= 11 is 0.841. The average molecular weight is 480 g/mol. The number of ether oxygens (including phenoxy) is 1. The van der Waals surface area contributed by atoms with E-state index in [0.717, 1.165) is 38.7 Å². The molecule has 1 aromatic heterocycles. The first-order valence-corrected chi connectivity index (χ1v) is 11.7. The molecule has 5 rings (SSSR count). The zero-order valence-corrected chi connectivity index (χ0v) is 19.1. The van der Waals surface area contributed by atoms with Gasteiger partial charge < -0.3 is 14.2 Å². The van der Waals surface area contributed by atoms with Gasteiger partial charge >= 0.3 is 0 Å². The fourth-order valence-corrected chi connectivity index (χ4v) is 4.96. The Morgan fingerprint density at radius 1 is 1.06 bits per heavy atom. The maximum atomic E-state index is 13.3. The number of hydrogen-bond acceptors (Lipinski definition) is 5. The Kier molecular flexibility index (Phi) is 6.21. The maximum Gasteiger partial charge on any atom is 0.294 e. The van der Waals surface area contributed by atoms with Crippen molar-refractivity contribution in [2.75, 3.05) is 32.8 Å². The Labute approximate surface area is 199 Å². The number of hydrogen-bond donors (Lipinski definition) is 0. The third-order valence-corrected chi connectivity index (χ3v) is 6.81. The highest BCUT2D eigenvalue weighted by Gasteiger charge is 2.37. The molecule has 34 heavy (non-hydrogen) atoms. The lowest BCUT2D eigenvalue weighted by Crippen LogP contribution is -2.46. The van der Waals surface area contributed by atoms with E-state index in [0.29, 0.717) is 32.8 Å². The van der Waals surface area contributed by atoms with Gasteiger partial charge in [0, 0.05) is 42.3 Å². The third kappa shape index (κ3) is 4.49. The number of aromatic nitrogens is 1. The zero-order valence-electron chi connectivity index (χ0n) is 18.3. The fourth-order valence-electron chi connectivity index (χ4n) is 4.13. The van der Waals surface area contributed by atoms with Gasteiger partial charge in [-0.1, -0.05) is 30.3 Å². The van der Waals surface area contributed by atoms with Gasteiger partial charge in [-0.05, 0) is 41.6 Å². The predicted molar refractivity (Wildman–Crippen MR) is 128 cm³/mol. The van der Waals surface area contributed by atoms with Crippen LogP contribution in [0.1, 0.15) is 11.1 Å². The van der Waals surface area contributed by atoms with E-state index in [4.69, 9.17) is 4.74 Å². The molecule has 0 N–H and O–H groups in total. The lowest BCUT2D eigenvalue weighted by atomic mass is 10.1. The Balaban J connectivity index is 1.39. The minimum atomic E-state index is -0.466. The summed E-state index contributed by atoms with van der Waals surface area (Å²) in [4.78, 5) is 41.0. The van der Waals surface area contributed by atoms with Gasteiger partial charge in [-0.25, -0.2) is 4.39 Å². The van der Waals surface area contributed by atoms with Crippen molar-refractivity contribution in [2.24, 2.45) is 0 Å². The minimum Gasteiger partial charge on any atom is -0.378 e. The normalized spacial score (nSPS) is 17.9. The van der Waals surface area contributed by atoms with Gasteiger partial charge in [-0.3, -0.25) is 19.3 Å².